The number of Topliss-reactive ketones (excluding diaryl/α,β-unsaturated/α-hetero) is 1. The molecule has 3 N–H and O–H groups in total. The number of fused-ring (bicyclic) bond motifs is 3. The van der Waals surface area contributed by atoms with E-state index in [9.17, 15) is 18.4 Å². The summed E-state index contributed by atoms with van der Waals surface area (Å²) in [4.78, 5) is 31.5. The van der Waals surface area contributed by atoms with Gasteiger partial charge in [-0.05, 0) is 55.5 Å². The molecule has 0 radical (unpaired) electrons. The van der Waals surface area contributed by atoms with Crippen LogP contribution in [0.4, 0.5) is 8.78 Å². The van der Waals surface area contributed by atoms with Crippen LogP contribution in [-0.2, 0) is 14.4 Å². The summed E-state index contributed by atoms with van der Waals surface area (Å²) in [6.07, 6.45) is 1.58. The zero-order valence-corrected chi connectivity index (χ0v) is 20.0. The van der Waals surface area contributed by atoms with Gasteiger partial charge in [0.25, 0.3) is 5.91 Å². The molecule has 2 aromatic carbocycles. The lowest BCUT2D eigenvalue weighted by molar-refractivity contribution is -0.155. The predicted molar refractivity (Wildman–Crippen MR) is 124 cm³/mol. The normalized spacial score (nSPS) is 29.9. The van der Waals surface area contributed by atoms with E-state index < -0.39 is 40.9 Å². The smallest absolute Gasteiger partial charge is 0.258 e. The Labute approximate surface area is 210 Å². The maximum Gasteiger partial charge on any atom is 0.258 e. The molecule has 3 saturated carbocycles. The maximum atomic E-state index is 13.9. The predicted octanol–water partition coefficient (Wildman–Crippen LogP) is 4.19. The first kappa shape index (κ1) is 24.4. The average molecular weight is 526 g/mol. The van der Waals surface area contributed by atoms with Crippen molar-refractivity contribution in [2.75, 3.05) is 6.61 Å². The van der Waals surface area contributed by atoms with E-state index >= 15 is 0 Å². The molecule has 3 aliphatic carbocycles. The van der Waals surface area contributed by atoms with E-state index in [0.29, 0.717) is 31.2 Å². The van der Waals surface area contributed by atoms with Crippen LogP contribution in [0.1, 0.15) is 43.8 Å². The summed E-state index contributed by atoms with van der Waals surface area (Å²) in [6, 6.07) is 8.43. The van der Waals surface area contributed by atoms with Crippen molar-refractivity contribution in [2.24, 2.45) is 5.41 Å². The highest BCUT2D eigenvalue weighted by molar-refractivity contribution is 6.31. The van der Waals surface area contributed by atoms with E-state index in [1.165, 1.54) is 24.3 Å². The first-order valence-electron chi connectivity index (χ1n) is 11.2. The third kappa shape index (κ3) is 4.63. The molecule has 2 aromatic rings. The van der Waals surface area contributed by atoms with Gasteiger partial charge in [0.2, 0.25) is 0 Å². The number of rotatable bonds is 6. The van der Waals surface area contributed by atoms with Crippen LogP contribution in [-0.4, -0.2) is 30.1 Å². The molecule has 4 aliphatic rings. The van der Waals surface area contributed by atoms with Gasteiger partial charge in [0.1, 0.15) is 29.8 Å². The molecule has 2 unspecified atom stereocenters. The Bertz CT molecular complexity index is 1170. The van der Waals surface area contributed by atoms with Gasteiger partial charge in [0, 0.05) is 17.9 Å². The average Bonchev–Trinajstić information content (AvgIpc) is 3.34. The van der Waals surface area contributed by atoms with Crippen LogP contribution in [0, 0.1) is 17.0 Å². The Kier molecular flexibility index (Phi) is 6.48. The van der Waals surface area contributed by atoms with Crippen LogP contribution in [0.3, 0.4) is 0 Å². The fourth-order valence-corrected chi connectivity index (χ4v) is 5.44. The molecule has 1 saturated heterocycles. The van der Waals surface area contributed by atoms with E-state index in [1.54, 1.807) is 6.07 Å². The maximum absolute atomic E-state index is 13.9. The highest BCUT2D eigenvalue weighted by atomic mass is 35.5. The lowest BCUT2D eigenvalue weighted by Crippen LogP contribution is -2.66. The fourth-order valence-electron chi connectivity index (χ4n) is 5.20. The Morgan fingerprint density at radius 3 is 2.43 bits per heavy atom. The second kappa shape index (κ2) is 9.29. The molecule has 4 fully saturated rings. The summed E-state index contributed by atoms with van der Waals surface area (Å²) in [5.41, 5.74) is 2.13. The van der Waals surface area contributed by atoms with E-state index in [4.69, 9.17) is 32.8 Å². The largest absolute Gasteiger partial charge is 0.484 e. The van der Waals surface area contributed by atoms with Gasteiger partial charge in [-0.25, -0.2) is 8.78 Å². The summed E-state index contributed by atoms with van der Waals surface area (Å²) in [7, 11) is 0. The molecule has 0 aromatic heterocycles. The molecule has 0 spiro atoms. The molecule has 11 heteroatoms. The zero-order chi connectivity index (χ0) is 24.8. The van der Waals surface area contributed by atoms with Crippen LogP contribution in [0.15, 0.2) is 36.4 Å². The minimum Gasteiger partial charge on any atom is -0.484 e. The van der Waals surface area contributed by atoms with Crippen LogP contribution < -0.4 is 20.9 Å². The van der Waals surface area contributed by atoms with Gasteiger partial charge < -0.3 is 10.1 Å². The Morgan fingerprint density at radius 2 is 1.77 bits per heavy atom. The van der Waals surface area contributed by atoms with Crippen molar-refractivity contribution >= 4 is 34.9 Å². The van der Waals surface area contributed by atoms with Gasteiger partial charge in [0.05, 0.1) is 15.6 Å². The number of carbonyl (C=O) groups is 2. The van der Waals surface area contributed by atoms with Crippen molar-refractivity contribution in [1.29, 1.82) is 0 Å². The quantitative estimate of drug-likeness (QED) is 0.524. The molecule has 1 amide bonds. The van der Waals surface area contributed by atoms with E-state index in [0.717, 1.165) is 6.07 Å². The lowest BCUT2D eigenvalue weighted by Gasteiger charge is -2.53. The number of benzene rings is 2. The van der Waals surface area contributed by atoms with Crippen LogP contribution >= 0.6 is 23.2 Å². The van der Waals surface area contributed by atoms with Crippen molar-refractivity contribution in [1.82, 2.24) is 16.1 Å². The first-order valence-corrected chi connectivity index (χ1v) is 12.0. The molecule has 6 rings (SSSR count). The number of carbonyl (C=O) groups excluding carboxylic acids is 2. The van der Waals surface area contributed by atoms with Gasteiger partial charge in [0.15, 0.2) is 12.4 Å². The number of hydrogen-bond acceptors (Lipinski definition) is 6. The summed E-state index contributed by atoms with van der Waals surface area (Å²) in [5.74, 6) is -1.51. The van der Waals surface area contributed by atoms with Gasteiger partial charge in [-0.3, -0.25) is 19.7 Å². The Morgan fingerprint density at radius 1 is 1.09 bits per heavy atom. The first-order chi connectivity index (χ1) is 16.7. The monoisotopic (exact) mass is 525 g/mol. The standard InChI is InChI=1S/C24H23Cl2F2N3O4/c25-15-3-1-13(9-17(15)27)21-29-22(35-31-21)23-5-7-24(8-6-23,19(32)11-23)30-20(33)12-34-14-2-4-16(26)18(28)10-14/h1-4,9-10,21-22,29,31H,5-8,11-12H2,(H,30,33). The molecule has 1 aliphatic heterocycles. The molecule has 2 atom stereocenters. The number of hydroxylamine groups is 1. The van der Waals surface area contributed by atoms with Crippen LogP contribution in [0.2, 0.25) is 10.0 Å². The van der Waals surface area contributed by atoms with E-state index in [2.05, 4.69) is 16.1 Å². The fraction of sp³-hybridized carbons (Fsp3) is 0.417. The van der Waals surface area contributed by atoms with Crippen molar-refractivity contribution in [2.45, 2.75) is 50.0 Å². The molecular formula is C24H23Cl2F2N3O4. The van der Waals surface area contributed by atoms with Gasteiger partial charge in [-0.1, -0.05) is 29.3 Å². The minimum absolute atomic E-state index is 0.0390. The van der Waals surface area contributed by atoms with E-state index in [-0.39, 0.29) is 34.6 Å². The topological polar surface area (TPSA) is 88.7 Å². The van der Waals surface area contributed by atoms with Crippen molar-refractivity contribution in [3.05, 3.63) is 63.6 Å². The Balaban J connectivity index is 1.19. The number of halogens is 4. The number of amides is 1. The molecular weight excluding hydrogens is 503 g/mol. The van der Waals surface area contributed by atoms with E-state index in [1.807, 2.05) is 0 Å². The van der Waals surface area contributed by atoms with Crippen molar-refractivity contribution in [3.8, 4) is 5.75 Å². The minimum atomic E-state index is -0.946. The molecule has 186 valence electrons. The molecule has 2 bridgehead atoms. The third-order valence-corrected chi connectivity index (χ3v) is 7.85. The third-order valence-electron chi connectivity index (χ3n) is 7.24. The molecule has 1 heterocycles. The van der Waals surface area contributed by atoms with Crippen molar-refractivity contribution < 1.29 is 27.9 Å². The number of hydrogen-bond donors (Lipinski definition) is 3. The highest BCUT2D eigenvalue weighted by Crippen LogP contribution is 2.53. The second-order valence-electron chi connectivity index (χ2n) is 9.35. The SMILES string of the molecule is O=C(COc1ccc(Cl)c(F)c1)NC12CCC(C3NC(c4ccc(Cl)c(F)c4)NO3)(CC1)CC2=O. The van der Waals surface area contributed by atoms with Gasteiger partial charge in [-0.15, -0.1) is 0 Å². The van der Waals surface area contributed by atoms with Gasteiger partial charge >= 0.3 is 0 Å². The zero-order valence-electron chi connectivity index (χ0n) is 18.5. The number of ketones is 1. The number of ether oxygens (including phenoxy) is 1. The molecule has 7 nitrogen and oxygen atoms in total. The summed E-state index contributed by atoms with van der Waals surface area (Å²) in [5, 5.41) is 6.17. The molecule has 35 heavy (non-hydrogen) atoms. The lowest BCUT2D eigenvalue weighted by atomic mass is 9.55. The number of nitrogens with one attached hydrogen (secondary N) is 3. The summed E-state index contributed by atoms with van der Waals surface area (Å²) < 4.78 is 32.8. The van der Waals surface area contributed by atoms with Crippen molar-refractivity contribution in [3.63, 3.8) is 0 Å². The second-order valence-corrected chi connectivity index (χ2v) is 10.2. The summed E-state index contributed by atoms with van der Waals surface area (Å²) in [6.45, 7) is -0.349. The van der Waals surface area contributed by atoms with Crippen LogP contribution in [0.25, 0.3) is 0 Å². The highest BCUT2D eigenvalue weighted by Gasteiger charge is 2.59. The van der Waals surface area contributed by atoms with Gasteiger partial charge in [-0.2, -0.15) is 5.48 Å². The summed E-state index contributed by atoms with van der Waals surface area (Å²) >= 11 is 11.4. The van der Waals surface area contributed by atoms with Crippen LogP contribution in [0.5, 0.6) is 5.75 Å². The Hall–Kier alpha value is -2.30.